The molecule has 0 saturated carbocycles. The lowest BCUT2D eigenvalue weighted by Crippen LogP contribution is -2.55. The van der Waals surface area contributed by atoms with Gasteiger partial charge >= 0.3 is 5.97 Å². The standard InChI is InChI=1S/C21H28N2O5S/c1-15-10-12-17(13-11-15)28-29(26)23(19(20(24)27-5)21(2,3)25)14-16-8-6-7-9-18(16)22-4/h6-13,19,22,25H,14H2,1-5H3. The summed E-state index contributed by atoms with van der Waals surface area (Å²) in [4.78, 5) is 12.5. The van der Waals surface area contributed by atoms with E-state index in [4.69, 9.17) is 8.92 Å². The SMILES string of the molecule is CNc1ccccc1CN(C(C(=O)OC)C(C)(C)O)S(=O)Oc1ccc(C)cc1. The molecule has 0 saturated heterocycles. The van der Waals surface area contributed by atoms with E-state index in [0.717, 1.165) is 16.8 Å². The molecule has 0 aliphatic heterocycles. The number of aliphatic hydroxyl groups is 1. The van der Waals surface area contributed by atoms with Gasteiger partial charge in [0.25, 0.3) is 11.3 Å². The van der Waals surface area contributed by atoms with E-state index in [2.05, 4.69) is 5.32 Å². The smallest absolute Gasteiger partial charge is 0.327 e. The van der Waals surface area contributed by atoms with Crippen molar-refractivity contribution >= 4 is 22.9 Å². The predicted molar refractivity (Wildman–Crippen MR) is 114 cm³/mol. The lowest BCUT2D eigenvalue weighted by atomic mass is 9.98. The largest absolute Gasteiger partial charge is 0.468 e. The topological polar surface area (TPSA) is 88.1 Å². The van der Waals surface area contributed by atoms with Crippen LogP contribution in [0, 0.1) is 6.92 Å². The molecule has 158 valence electrons. The Balaban J connectivity index is 2.43. The van der Waals surface area contributed by atoms with Crippen molar-refractivity contribution in [2.75, 3.05) is 19.5 Å². The molecule has 2 aromatic rings. The number of hydrogen-bond acceptors (Lipinski definition) is 6. The van der Waals surface area contributed by atoms with Crippen LogP contribution in [0.1, 0.15) is 25.0 Å². The molecule has 2 N–H and O–H groups in total. The van der Waals surface area contributed by atoms with Gasteiger partial charge in [0.05, 0.1) is 12.7 Å². The minimum atomic E-state index is -2.08. The van der Waals surface area contributed by atoms with Gasteiger partial charge in [0.2, 0.25) is 0 Å². The molecule has 0 fully saturated rings. The third kappa shape index (κ3) is 6.03. The summed E-state index contributed by atoms with van der Waals surface area (Å²) in [6.07, 6.45) is 0. The Kier molecular flexibility index (Phi) is 7.78. The van der Waals surface area contributed by atoms with E-state index in [1.165, 1.54) is 25.3 Å². The van der Waals surface area contributed by atoms with Crippen LogP contribution in [0.5, 0.6) is 5.75 Å². The van der Waals surface area contributed by atoms with Gasteiger partial charge in [-0.1, -0.05) is 35.9 Å². The highest BCUT2D eigenvalue weighted by molar-refractivity contribution is 7.78. The zero-order valence-corrected chi connectivity index (χ0v) is 18.2. The van der Waals surface area contributed by atoms with Crippen molar-refractivity contribution < 1.29 is 23.0 Å². The molecule has 0 aliphatic rings. The first kappa shape index (κ1) is 22.9. The molecule has 0 aromatic heterocycles. The number of rotatable bonds is 9. The number of carbonyl (C=O) groups is 1. The molecule has 0 aliphatic carbocycles. The molecular weight excluding hydrogens is 392 g/mol. The Morgan fingerprint density at radius 1 is 1.21 bits per heavy atom. The maximum Gasteiger partial charge on any atom is 0.327 e. The number of para-hydroxylation sites is 1. The summed E-state index contributed by atoms with van der Waals surface area (Å²) in [6, 6.07) is 13.3. The van der Waals surface area contributed by atoms with Gasteiger partial charge in [0.15, 0.2) is 6.04 Å². The molecular formula is C21H28N2O5S. The highest BCUT2D eigenvalue weighted by Gasteiger charge is 2.43. The van der Waals surface area contributed by atoms with Crippen molar-refractivity contribution in [3.05, 3.63) is 59.7 Å². The van der Waals surface area contributed by atoms with Crippen molar-refractivity contribution in [2.45, 2.75) is 39.0 Å². The fourth-order valence-electron chi connectivity index (χ4n) is 2.89. The molecule has 29 heavy (non-hydrogen) atoms. The van der Waals surface area contributed by atoms with Crippen LogP contribution in [0.4, 0.5) is 5.69 Å². The van der Waals surface area contributed by atoms with Gasteiger partial charge in [-0.05, 0) is 44.5 Å². The van der Waals surface area contributed by atoms with Gasteiger partial charge in [0.1, 0.15) is 5.75 Å². The number of nitrogens with zero attached hydrogens (tertiary/aromatic N) is 1. The zero-order chi connectivity index (χ0) is 21.6. The van der Waals surface area contributed by atoms with Crippen LogP contribution in [0.15, 0.2) is 48.5 Å². The fraction of sp³-hybridized carbons (Fsp3) is 0.381. The Morgan fingerprint density at radius 2 is 1.83 bits per heavy atom. The summed E-state index contributed by atoms with van der Waals surface area (Å²) in [7, 11) is 3.00. The maximum atomic E-state index is 13.2. The van der Waals surface area contributed by atoms with Crippen molar-refractivity contribution in [2.24, 2.45) is 0 Å². The molecule has 0 spiro atoms. The van der Waals surface area contributed by atoms with Crippen LogP contribution in [0.3, 0.4) is 0 Å². The minimum absolute atomic E-state index is 0.0826. The van der Waals surface area contributed by atoms with Gasteiger partial charge in [0, 0.05) is 19.3 Å². The highest BCUT2D eigenvalue weighted by Crippen LogP contribution is 2.26. The Labute approximate surface area is 174 Å². The van der Waals surface area contributed by atoms with Crippen LogP contribution in [-0.2, 0) is 27.3 Å². The zero-order valence-electron chi connectivity index (χ0n) is 17.3. The maximum absolute atomic E-state index is 13.2. The first-order valence-corrected chi connectivity index (χ1v) is 10.2. The van der Waals surface area contributed by atoms with E-state index in [0.29, 0.717) is 5.75 Å². The van der Waals surface area contributed by atoms with Gasteiger partial charge in [-0.15, -0.1) is 0 Å². The van der Waals surface area contributed by atoms with Crippen molar-refractivity contribution in [1.29, 1.82) is 0 Å². The Morgan fingerprint density at radius 3 is 2.38 bits per heavy atom. The average Bonchev–Trinajstić information content (AvgIpc) is 2.68. The number of esters is 1. The van der Waals surface area contributed by atoms with Crippen LogP contribution in [0.25, 0.3) is 0 Å². The molecule has 2 unspecified atom stereocenters. The summed E-state index contributed by atoms with van der Waals surface area (Å²) in [6.45, 7) is 4.95. The number of ether oxygens (including phenoxy) is 1. The number of benzene rings is 2. The lowest BCUT2D eigenvalue weighted by Gasteiger charge is -2.35. The number of carbonyl (C=O) groups excluding carboxylic acids is 1. The first-order valence-electron chi connectivity index (χ1n) is 9.16. The van der Waals surface area contributed by atoms with Crippen molar-refractivity contribution in [3.63, 3.8) is 0 Å². The number of methoxy groups -OCH3 is 1. The van der Waals surface area contributed by atoms with E-state index < -0.39 is 28.9 Å². The highest BCUT2D eigenvalue weighted by atomic mass is 32.2. The monoisotopic (exact) mass is 420 g/mol. The number of aryl methyl sites for hydroxylation is 1. The number of anilines is 1. The Bertz CT molecular complexity index is 849. The molecule has 0 radical (unpaired) electrons. The second-order valence-corrected chi connectivity index (χ2v) is 8.25. The summed E-state index contributed by atoms with van der Waals surface area (Å²) >= 11 is -2.08. The van der Waals surface area contributed by atoms with Crippen molar-refractivity contribution in [3.8, 4) is 5.75 Å². The van der Waals surface area contributed by atoms with E-state index in [9.17, 15) is 14.1 Å². The van der Waals surface area contributed by atoms with Gasteiger partial charge in [-0.2, -0.15) is 8.51 Å². The van der Waals surface area contributed by atoms with Crippen LogP contribution >= 0.6 is 0 Å². The van der Waals surface area contributed by atoms with E-state index in [1.54, 1.807) is 19.2 Å². The van der Waals surface area contributed by atoms with Gasteiger partial charge < -0.3 is 19.3 Å². The second kappa shape index (κ2) is 9.87. The van der Waals surface area contributed by atoms with Gasteiger partial charge in [-0.3, -0.25) is 4.79 Å². The fourth-order valence-corrected chi connectivity index (χ4v) is 4.03. The molecule has 2 atom stereocenters. The van der Waals surface area contributed by atoms with Gasteiger partial charge in [-0.25, -0.2) is 0 Å². The normalized spacial score (nSPS) is 13.6. The quantitative estimate of drug-likeness (QED) is 0.607. The molecule has 7 nitrogen and oxygen atoms in total. The molecule has 8 heteroatoms. The Hall–Kier alpha value is -2.42. The van der Waals surface area contributed by atoms with Crippen LogP contribution in [-0.4, -0.2) is 45.4 Å². The summed E-state index contributed by atoms with van der Waals surface area (Å²) in [5.74, 6) is -0.319. The van der Waals surface area contributed by atoms with Crippen LogP contribution < -0.4 is 9.50 Å². The second-order valence-electron chi connectivity index (χ2n) is 7.18. The van der Waals surface area contributed by atoms with Crippen molar-refractivity contribution in [1.82, 2.24) is 4.31 Å². The lowest BCUT2D eigenvalue weighted by molar-refractivity contribution is -0.153. The molecule has 0 bridgehead atoms. The molecule has 2 rings (SSSR count). The predicted octanol–water partition coefficient (Wildman–Crippen LogP) is 2.81. The molecule has 2 aromatic carbocycles. The third-order valence-corrected chi connectivity index (χ3v) is 5.43. The summed E-state index contributed by atoms with van der Waals surface area (Å²) in [5.41, 5.74) is 1.10. The average molecular weight is 421 g/mol. The van der Waals surface area contributed by atoms with Crippen LogP contribution in [0.2, 0.25) is 0 Å². The van der Waals surface area contributed by atoms with E-state index >= 15 is 0 Å². The molecule has 0 heterocycles. The van der Waals surface area contributed by atoms with E-state index in [1.807, 2.05) is 43.3 Å². The summed E-state index contributed by atoms with van der Waals surface area (Å²) < 4.78 is 25.0. The third-order valence-electron chi connectivity index (χ3n) is 4.37. The number of hydrogen-bond donors (Lipinski definition) is 2. The number of nitrogens with one attached hydrogen (secondary N) is 1. The first-order chi connectivity index (χ1) is 13.7. The van der Waals surface area contributed by atoms with E-state index in [-0.39, 0.29) is 6.54 Å². The summed E-state index contributed by atoms with van der Waals surface area (Å²) in [5, 5.41) is 13.7. The molecule has 0 amide bonds. The minimum Gasteiger partial charge on any atom is -0.468 e.